The maximum absolute atomic E-state index is 12.0. The molecule has 0 aliphatic heterocycles. The molecule has 1 atom stereocenters. The van der Waals surface area contributed by atoms with Crippen molar-refractivity contribution in [2.75, 3.05) is 6.54 Å². The number of hydrogen-bond acceptors (Lipinski definition) is 2. The molecule has 0 aliphatic carbocycles. The number of hydrogen-bond donors (Lipinski definition) is 1. The molecule has 0 saturated heterocycles. The summed E-state index contributed by atoms with van der Waals surface area (Å²) in [5.41, 5.74) is 9.05. The molecule has 88 valence electrons. The van der Waals surface area contributed by atoms with Crippen LogP contribution in [-0.4, -0.2) is 12.3 Å². The van der Waals surface area contributed by atoms with E-state index < -0.39 is 0 Å². The Kier molecular flexibility index (Phi) is 4.69. The Hall–Kier alpha value is -1.15. The molecule has 0 heterocycles. The van der Waals surface area contributed by atoms with Gasteiger partial charge in [0.1, 0.15) is 5.78 Å². The van der Waals surface area contributed by atoms with Gasteiger partial charge < -0.3 is 5.73 Å². The average molecular weight is 219 g/mol. The second-order valence-electron chi connectivity index (χ2n) is 4.49. The summed E-state index contributed by atoms with van der Waals surface area (Å²) in [6.07, 6.45) is 1.32. The van der Waals surface area contributed by atoms with Crippen LogP contribution in [0.5, 0.6) is 0 Å². The van der Waals surface area contributed by atoms with Gasteiger partial charge in [0, 0.05) is 12.3 Å². The Labute approximate surface area is 97.9 Å². The molecule has 0 saturated carbocycles. The van der Waals surface area contributed by atoms with E-state index in [0.29, 0.717) is 18.7 Å². The van der Waals surface area contributed by atoms with Crippen LogP contribution in [0, 0.1) is 19.8 Å². The van der Waals surface area contributed by atoms with Crippen molar-refractivity contribution in [2.45, 2.75) is 33.6 Å². The minimum atomic E-state index is 0.0732. The highest BCUT2D eigenvalue weighted by Crippen LogP contribution is 2.16. The fourth-order valence-corrected chi connectivity index (χ4v) is 1.89. The summed E-state index contributed by atoms with van der Waals surface area (Å²) in [7, 11) is 0. The van der Waals surface area contributed by atoms with Crippen LogP contribution in [0.25, 0.3) is 0 Å². The molecule has 1 aromatic rings. The van der Waals surface area contributed by atoms with Crippen LogP contribution in [0.3, 0.4) is 0 Å². The summed E-state index contributed by atoms with van der Waals surface area (Å²) in [5.74, 6) is 0.367. The van der Waals surface area contributed by atoms with Gasteiger partial charge in [-0.15, -0.1) is 0 Å². The van der Waals surface area contributed by atoms with Crippen LogP contribution < -0.4 is 5.73 Å². The summed E-state index contributed by atoms with van der Waals surface area (Å²) in [6.45, 7) is 6.66. The second-order valence-corrected chi connectivity index (χ2v) is 4.49. The number of aryl methyl sites for hydroxylation is 2. The first-order chi connectivity index (χ1) is 7.56. The standard InChI is InChI=1S/C14H21NO/c1-10-5-4-6-11(2)13(10)9-14(16)12(3)7-8-15/h4-6,12H,7-9,15H2,1-3H3. The Balaban J connectivity index is 2.77. The van der Waals surface area contributed by atoms with Crippen LogP contribution in [0.4, 0.5) is 0 Å². The third-order valence-electron chi connectivity index (χ3n) is 3.14. The maximum atomic E-state index is 12.0. The molecule has 0 amide bonds. The lowest BCUT2D eigenvalue weighted by Crippen LogP contribution is -2.18. The SMILES string of the molecule is Cc1cccc(C)c1CC(=O)C(C)CCN. The van der Waals surface area contributed by atoms with Crippen molar-refractivity contribution >= 4 is 5.78 Å². The minimum Gasteiger partial charge on any atom is -0.330 e. The molecule has 1 aromatic carbocycles. The number of carbonyl (C=O) groups is 1. The van der Waals surface area contributed by atoms with Gasteiger partial charge in [-0.3, -0.25) is 4.79 Å². The Morgan fingerprint density at radius 1 is 1.31 bits per heavy atom. The lowest BCUT2D eigenvalue weighted by atomic mass is 9.92. The van der Waals surface area contributed by atoms with Crippen LogP contribution in [0.15, 0.2) is 18.2 Å². The van der Waals surface area contributed by atoms with Crippen LogP contribution in [0.1, 0.15) is 30.0 Å². The monoisotopic (exact) mass is 219 g/mol. The van der Waals surface area contributed by atoms with Gasteiger partial charge in [-0.25, -0.2) is 0 Å². The lowest BCUT2D eigenvalue weighted by molar-refractivity contribution is -0.121. The van der Waals surface area contributed by atoms with Gasteiger partial charge >= 0.3 is 0 Å². The molecule has 1 unspecified atom stereocenters. The molecule has 0 aromatic heterocycles. The summed E-state index contributed by atoms with van der Waals surface area (Å²) in [4.78, 5) is 12.0. The van der Waals surface area contributed by atoms with Crippen molar-refractivity contribution in [1.29, 1.82) is 0 Å². The van der Waals surface area contributed by atoms with E-state index in [1.165, 1.54) is 16.7 Å². The zero-order valence-electron chi connectivity index (χ0n) is 10.4. The van der Waals surface area contributed by atoms with Crippen LogP contribution in [-0.2, 0) is 11.2 Å². The van der Waals surface area contributed by atoms with Gasteiger partial charge in [0.15, 0.2) is 0 Å². The Bertz CT molecular complexity index is 351. The molecule has 0 aliphatic rings. The number of carbonyl (C=O) groups excluding carboxylic acids is 1. The minimum absolute atomic E-state index is 0.0732. The third kappa shape index (κ3) is 3.17. The fourth-order valence-electron chi connectivity index (χ4n) is 1.89. The van der Waals surface area contributed by atoms with E-state index in [1.54, 1.807) is 0 Å². The predicted molar refractivity (Wildman–Crippen MR) is 67.5 cm³/mol. The average Bonchev–Trinajstić information content (AvgIpc) is 2.23. The molecule has 2 nitrogen and oxygen atoms in total. The van der Waals surface area contributed by atoms with Crippen molar-refractivity contribution in [3.05, 3.63) is 34.9 Å². The summed E-state index contributed by atoms with van der Waals surface area (Å²) in [6, 6.07) is 6.15. The molecule has 2 heteroatoms. The van der Waals surface area contributed by atoms with Gasteiger partial charge in [-0.1, -0.05) is 25.1 Å². The first kappa shape index (κ1) is 12.9. The third-order valence-corrected chi connectivity index (χ3v) is 3.14. The molecule has 16 heavy (non-hydrogen) atoms. The molecule has 0 bridgehead atoms. The predicted octanol–water partition coefficient (Wildman–Crippen LogP) is 2.40. The zero-order chi connectivity index (χ0) is 12.1. The van der Waals surface area contributed by atoms with Gasteiger partial charge in [-0.05, 0) is 43.5 Å². The quantitative estimate of drug-likeness (QED) is 0.826. The molecular formula is C14H21NO. The number of Topliss-reactive ketones (excluding diaryl/α,β-unsaturated/α-hetero) is 1. The Morgan fingerprint density at radius 3 is 2.38 bits per heavy atom. The first-order valence-electron chi connectivity index (χ1n) is 5.84. The van der Waals surface area contributed by atoms with Crippen molar-refractivity contribution < 1.29 is 4.79 Å². The van der Waals surface area contributed by atoms with E-state index in [2.05, 4.69) is 26.0 Å². The summed E-state index contributed by atoms with van der Waals surface area (Å²) >= 11 is 0. The van der Waals surface area contributed by atoms with Gasteiger partial charge in [0.2, 0.25) is 0 Å². The number of benzene rings is 1. The number of ketones is 1. The van der Waals surface area contributed by atoms with Gasteiger partial charge in [0.25, 0.3) is 0 Å². The highest BCUT2D eigenvalue weighted by atomic mass is 16.1. The molecule has 0 radical (unpaired) electrons. The first-order valence-corrected chi connectivity index (χ1v) is 5.84. The van der Waals surface area contributed by atoms with Gasteiger partial charge in [-0.2, -0.15) is 0 Å². The van der Waals surface area contributed by atoms with Crippen molar-refractivity contribution in [2.24, 2.45) is 11.7 Å². The van der Waals surface area contributed by atoms with E-state index in [1.807, 2.05) is 13.0 Å². The molecular weight excluding hydrogens is 198 g/mol. The smallest absolute Gasteiger partial charge is 0.140 e. The molecule has 0 spiro atoms. The van der Waals surface area contributed by atoms with E-state index in [9.17, 15) is 4.79 Å². The summed E-state index contributed by atoms with van der Waals surface area (Å²) in [5, 5.41) is 0. The highest BCUT2D eigenvalue weighted by molar-refractivity contribution is 5.83. The normalized spacial score (nSPS) is 12.5. The molecule has 0 fully saturated rings. The molecule has 1 rings (SSSR count). The zero-order valence-corrected chi connectivity index (χ0v) is 10.4. The van der Waals surface area contributed by atoms with E-state index in [-0.39, 0.29) is 5.92 Å². The van der Waals surface area contributed by atoms with Crippen molar-refractivity contribution in [3.63, 3.8) is 0 Å². The number of rotatable bonds is 5. The molecule has 2 N–H and O–H groups in total. The van der Waals surface area contributed by atoms with E-state index in [0.717, 1.165) is 6.42 Å². The van der Waals surface area contributed by atoms with E-state index >= 15 is 0 Å². The largest absolute Gasteiger partial charge is 0.330 e. The highest BCUT2D eigenvalue weighted by Gasteiger charge is 2.14. The second kappa shape index (κ2) is 5.80. The topological polar surface area (TPSA) is 43.1 Å². The van der Waals surface area contributed by atoms with E-state index in [4.69, 9.17) is 5.73 Å². The Morgan fingerprint density at radius 2 is 1.88 bits per heavy atom. The van der Waals surface area contributed by atoms with Crippen LogP contribution >= 0.6 is 0 Å². The maximum Gasteiger partial charge on any atom is 0.140 e. The van der Waals surface area contributed by atoms with Crippen molar-refractivity contribution in [1.82, 2.24) is 0 Å². The summed E-state index contributed by atoms with van der Waals surface area (Å²) < 4.78 is 0. The van der Waals surface area contributed by atoms with Crippen LogP contribution in [0.2, 0.25) is 0 Å². The van der Waals surface area contributed by atoms with Gasteiger partial charge in [0.05, 0.1) is 0 Å². The van der Waals surface area contributed by atoms with Crippen molar-refractivity contribution in [3.8, 4) is 0 Å². The fraction of sp³-hybridized carbons (Fsp3) is 0.500. The number of nitrogens with two attached hydrogens (primary N) is 1. The lowest BCUT2D eigenvalue weighted by Gasteiger charge is -2.12.